The molecule has 0 bridgehead atoms. The number of aromatic nitrogens is 5. The summed E-state index contributed by atoms with van der Waals surface area (Å²) in [4.78, 5) is 29.7. The zero-order valence-corrected chi connectivity index (χ0v) is 23.2. The number of hydrogen-bond donors (Lipinski definition) is 2. The molecule has 0 atom stereocenters. The molecule has 9 nitrogen and oxygen atoms in total. The van der Waals surface area contributed by atoms with Gasteiger partial charge in [0.25, 0.3) is 0 Å². The standard InChI is InChI=1S/C30H28ClFN8O/c1-3-24(41)39-12-14-40(15-13-39)29-20-16-22(31)26(25-18(2)7-8-23-21(25)17-35-38-23)27(32)28(20)36-30(37-29)34-11-9-19-6-4-5-10-33-19/h3-8,10,16-17H,1,9,11-15H2,2H3,(H,35,38)(H,34,36,37). The quantitative estimate of drug-likeness (QED) is 0.261. The normalized spacial score (nSPS) is 13.6. The highest BCUT2D eigenvalue weighted by Gasteiger charge is 2.26. The second-order valence-electron chi connectivity index (χ2n) is 9.92. The number of aryl methyl sites for hydroxylation is 1. The monoisotopic (exact) mass is 570 g/mol. The Bertz CT molecular complexity index is 1770. The summed E-state index contributed by atoms with van der Waals surface area (Å²) in [6.07, 6.45) is 5.39. The lowest BCUT2D eigenvalue weighted by molar-refractivity contribution is -0.126. The van der Waals surface area contributed by atoms with Gasteiger partial charge in [0.05, 0.1) is 16.7 Å². The first-order valence-corrected chi connectivity index (χ1v) is 13.7. The molecule has 41 heavy (non-hydrogen) atoms. The molecule has 0 unspecified atom stereocenters. The molecule has 1 saturated heterocycles. The third-order valence-corrected chi connectivity index (χ3v) is 7.70. The summed E-state index contributed by atoms with van der Waals surface area (Å²) >= 11 is 6.84. The first kappa shape index (κ1) is 26.6. The topological polar surface area (TPSA) is 103 Å². The summed E-state index contributed by atoms with van der Waals surface area (Å²) < 4.78 is 16.6. The van der Waals surface area contributed by atoms with E-state index in [0.717, 1.165) is 22.2 Å². The van der Waals surface area contributed by atoms with E-state index in [1.807, 2.05) is 42.2 Å². The summed E-state index contributed by atoms with van der Waals surface area (Å²) in [6, 6.07) is 11.3. The first-order valence-electron chi connectivity index (χ1n) is 13.4. The SMILES string of the molecule is C=CC(=O)N1CCN(c2nc(NCCc3ccccn3)nc3c(F)c(-c4c(C)ccc5[nH]ncc45)c(Cl)cc23)CC1. The minimum Gasteiger partial charge on any atom is -0.354 e. The van der Waals surface area contributed by atoms with E-state index < -0.39 is 5.82 Å². The largest absolute Gasteiger partial charge is 0.354 e. The molecule has 0 radical (unpaired) electrons. The van der Waals surface area contributed by atoms with Crippen LogP contribution in [0, 0.1) is 12.7 Å². The molecule has 3 aromatic heterocycles. The fourth-order valence-electron chi connectivity index (χ4n) is 5.30. The Hall–Kier alpha value is -4.57. The van der Waals surface area contributed by atoms with Crippen molar-refractivity contribution >= 4 is 51.1 Å². The van der Waals surface area contributed by atoms with Crippen LogP contribution in [0.15, 0.2) is 61.4 Å². The van der Waals surface area contributed by atoms with Gasteiger partial charge in [-0.15, -0.1) is 0 Å². The minimum atomic E-state index is -0.527. The van der Waals surface area contributed by atoms with Crippen LogP contribution in [0.2, 0.25) is 5.02 Å². The predicted molar refractivity (Wildman–Crippen MR) is 160 cm³/mol. The molecule has 1 fully saturated rings. The molecular formula is C30H28ClFN8O. The average Bonchev–Trinajstić information content (AvgIpc) is 3.47. The van der Waals surface area contributed by atoms with E-state index in [4.69, 9.17) is 16.6 Å². The third kappa shape index (κ3) is 5.06. The molecule has 5 aromatic rings. The van der Waals surface area contributed by atoms with E-state index in [1.165, 1.54) is 6.08 Å². The zero-order chi connectivity index (χ0) is 28.5. The number of anilines is 2. The maximum absolute atomic E-state index is 16.6. The fraction of sp³-hybridized carbons (Fsp3) is 0.233. The smallest absolute Gasteiger partial charge is 0.246 e. The van der Waals surface area contributed by atoms with Crippen molar-refractivity contribution in [3.63, 3.8) is 0 Å². The van der Waals surface area contributed by atoms with Gasteiger partial charge in [0.1, 0.15) is 11.3 Å². The fourth-order valence-corrected chi connectivity index (χ4v) is 5.59. The Balaban J connectivity index is 1.45. The van der Waals surface area contributed by atoms with Gasteiger partial charge in [0, 0.05) is 72.9 Å². The van der Waals surface area contributed by atoms with Crippen LogP contribution in [-0.2, 0) is 11.2 Å². The molecule has 1 amide bonds. The molecule has 1 aliphatic heterocycles. The van der Waals surface area contributed by atoms with Gasteiger partial charge in [0.15, 0.2) is 5.82 Å². The second kappa shape index (κ2) is 11.1. The van der Waals surface area contributed by atoms with Crippen LogP contribution in [0.5, 0.6) is 0 Å². The van der Waals surface area contributed by atoms with Crippen LogP contribution in [0.25, 0.3) is 32.9 Å². The number of halogens is 2. The molecule has 0 spiro atoms. The summed E-state index contributed by atoms with van der Waals surface area (Å²) in [6.45, 7) is 8.05. The number of aromatic amines is 1. The number of carbonyl (C=O) groups excluding carboxylic acids is 1. The lowest BCUT2D eigenvalue weighted by atomic mass is 9.95. The van der Waals surface area contributed by atoms with Crippen molar-refractivity contribution in [1.29, 1.82) is 0 Å². The molecular weight excluding hydrogens is 543 g/mol. The van der Waals surface area contributed by atoms with Crippen LogP contribution < -0.4 is 10.2 Å². The Morgan fingerprint density at radius 1 is 1.15 bits per heavy atom. The number of amides is 1. The van der Waals surface area contributed by atoms with Crippen LogP contribution >= 0.6 is 11.6 Å². The number of piperazine rings is 1. The van der Waals surface area contributed by atoms with E-state index in [0.29, 0.717) is 61.9 Å². The highest BCUT2D eigenvalue weighted by molar-refractivity contribution is 6.35. The Morgan fingerprint density at radius 2 is 1.98 bits per heavy atom. The number of benzene rings is 2. The van der Waals surface area contributed by atoms with Crippen LogP contribution in [0.4, 0.5) is 16.2 Å². The maximum Gasteiger partial charge on any atom is 0.246 e. The number of pyridine rings is 1. The Labute approximate surface area is 241 Å². The van der Waals surface area contributed by atoms with Gasteiger partial charge < -0.3 is 15.1 Å². The average molecular weight is 571 g/mol. The molecule has 2 aromatic carbocycles. The zero-order valence-electron chi connectivity index (χ0n) is 22.5. The summed E-state index contributed by atoms with van der Waals surface area (Å²) in [5.41, 5.74) is 3.68. The molecule has 1 aliphatic rings. The summed E-state index contributed by atoms with van der Waals surface area (Å²) in [5.74, 6) is 0.225. The molecule has 4 heterocycles. The van der Waals surface area contributed by atoms with Gasteiger partial charge in [-0.25, -0.2) is 9.37 Å². The van der Waals surface area contributed by atoms with E-state index >= 15 is 4.39 Å². The Kier molecular flexibility index (Phi) is 7.23. The van der Waals surface area contributed by atoms with Crippen molar-refractivity contribution in [3.05, 3.63) is 83.5 Å². The van der Waals surface area contributed by atoms with Crippen LogP contribution in [0.3, 0.4) is 0 Å². The van der Waals surface area contributed by atoms with Gasteiger partial charge in [-0.05, 0) is 42.8 Å². The van der Waals surface area contributed by atoms with E-state index in [9.17, 15) is 4.79 Å². The number of carbonyl (C=O) groups is 1. The third-order valence-electron chi connectivity index (χ3n) is 7.40. The number of hydrogen-bond acceptors (Lipinski definition) is 7. The van der Waals surface area contributed by atoms with Crippen molar-refractivity contribution in [2.24, 2.45) is 0 Å². The van der Waals surface area contributed by atoms with Crippen molar-refractivity contribution in [3.8, 4) is 11.1 Å². The summed E-state index contributed by atoms with van der Waals surface area (Å²) in [7, 11) is 0. The van der Waals surface area contributed by atoms with E-state index in [1.54, 1.807) is 23.4 Å². The van der Waals surface area contributed by atoms with Crippen molar-refractivity contribution in [1.82, 2.24) is 30.0 Å². The number of H-pyrrole nitrogens is 1. The maximum atomic E-state index is 16.6. The van der Waals surface area contributed by atoms with Crippen LogP contribution in [-0.4, -0.2) is 68.7 Å². The molecule has 6 rings (SSSR count). The second-order valence-corrected chi connectivity index (χ2v) is 10.3. The number of nitrogens with zero attached hydrogens (tertiary/aromatic N) is 6. The number of fused-ring (bicyclic) bond motifs is 2. The number of rotatable bonds is 7. The lowest BCUT2D eigenvalue weighted by Gasteiger charge is -2.35. The highest BCUT2D eigenvalue weighted by atomic mass is 35.5. The highest BCUT2D eigenvalue weighted by Crippen LogP contribution is 2.42. The van der Waals surface area contributed by atoms with Crippen molar-refractivity contribution < 1.29 is 9.18 Å². The van der Waals surface area contributed by atoms with Gasteiger partial charge >= 0.3 is 0 Å². The van der Waals surface area contributed by atoms with Crippen molar-refractivity contribution in [2.75, 3.05) is 42.9 Å². The molecule has 2 N–H and O–H groups in total. The predicted octanol–water partition coefficient (Wildman–Crippen LogP) is 5.16. The Morgan fingerprint density at radius 3 is 2.73 bits per heavy atom. The van der Waals surface area contributed by atoms with Gasteiger partial charge in [-0.2, -0.15) is 10.1 Å². The molecule has 0 aliphatic carbocycles. The van der Waals surface area contributed by atoms with E-state index in [2.05, 4.69) is 32.1 Å². The van der Waals surface area contributed by atoms with Gasteiger partial charge in [-0.1, -0.05) is 30.3 Å². The van der Waals surface area contributed by atoms with E-state index in [-0.39, 0.29) is 22.0 Å². The van der Waals surface area contributed by atoms with Gasteiger partial charge in [0.2, 0.25) is 11.9 Å². The number of nitrogens with one attached hydrogen (secondary N) is 2. The minimum absolute atomic E-state index is 0.114. The lowest BCUT2D eigenvalue weighted by Crippen LogP contribution is -2.48. The summed E-state index contributed by atoms with van der Waals surface area (Å²) in [5, 5.41) is 11.9. The van der Waals surface area contributed by atoms with Crippen LogP contribution in [0.1, 0.15) is 11.3 Å². The molecule has 208 valence electrons. The first-order chi connectivity index (χ1) is 19.9. The van der Waals surface area contributed by atoms with Gasteiger partial charge in [-0.3, -0.25) is 14.9 Å². The molecule has 11 heteroatoms. The van der Waals surface area contributed by atoms with Crippen molar-refractivity contribution in [2.45, 2.75) is 13.3 Å². The molecule has 0 saturated carbocycles.